The van der Waals surface area contributed by atoms with Crippen molar-refractivity contribution in [1.29, 1.82) is 0 Å². The van der Waals surface area contributed by atoms with E-state index in [-0.39, 0.29) is 11.2 Å². The average molecular weight is 574 g/mol. The lowest BCUT2D eigenvalue weighted by Gasteiger charge is -2.42. The highest BCUT2D eigenvalue weighted by Gasteiger charge is 2.41. The third kappa shape index (κ3) is 5.23. The van der Waals surface area contributed by atoms with Crippen LogP contribution in [0.4, 0.5) is 5.69 Å². The Hall–Kier alpha value is -2.91. The minimum absolute atomic E-state index is 0.0669. The molecule has 3 aromatic rings. The number of likely N-dealkylation sites (N-methyl/N-ethyl adjacent to an activating group) is 1. The number of ketones is 1. The van der Waals surface area contributed by atoms with E-state index in [0.717, 1.165) is 122 Å². The van der Waals surface area contributed by atoms with Crippen LogP contribution in [0.25, 0.3) is 10.9 Å². The molecule has 0 bridgehead atoms. The predicted molar refractivity (Wildman–Crippen MR) is 169 cm³/mol. The number of fused-ring (bicyclic) bond motifs is 4. The van der Waals surface area contributed by atoms with Gasteiger partial charge in [0.15, 0.2) is 5.78 Å². The first-order chi connectivity index (χ1) is 20.3. The molecule has 3 aliphatic rings. The smallest absolute Gasteiger partial charge is 0.195 e. The number of nitrogens with two attached hydrogens (primary N) is 1. The molecule has 0 unspecified atom stereocenters. The Bertz CT molecular complexity index is 1430. The minimum atomic E-state index is -0.374. The van der Waals surface area contributed by atoms with Crippen LogP contribution in [0.2, 0.25) is 0 Å². The molecule has 3 heterocycles. The van der Waals surface area contributed by atoms with Crippen LogP contribution in [0, 0.1) is 0 Å². The maximum absolute atomic E-state index is 14.2. The van der Waals surface area contributed by atoms with E-state index in [4.69, 9.17) is 15.2 Å². The van der Waals surface area contributed by atoms with E-state index in [9.17, 15) is 4.79 Å². The topological polar surface area (TPSA) is 87.1 Å². The molecule has 0 radical (unpaired) electrons. The Balaban J connectivity index is 1.36. The third-order valence-electron chi connectivity index (χ3n) is 9.89. The van der Waals surface area contributed by atoms with Crippen LogP contribution in [0.15, 0.2) is 30.3 Å². The number of hydrogen-bond acceptors (Lipinski definition) is 7. The average Bonchev–Trinajstić information content (AvgIpc) is 3.42. The number of morpholine rings is 1. The van der Waals surface area contributed by atoms with Crippen molar-refractivity contribution in [2.45, 2.75) is 58.5 Å². The summed E-state index contributed by atoms with van der Waals surface area (Å²) in [6.07, 6.45) is 2.24. The van der Waals surface area contributed by atoms with Crippen molar-refractivity contribution in [3.05, 3.63) is 58.3 Å². The van der Waals surface area contributed by atoms with Crippen LogP contribution in [0.5, 0.6) is 5.75 Å². The van der Waals surface area contributed by atoms with Gasteiger partial charge in [0.05, 0.1) is 24.5 Å². The standard InChI is InChI=1S/C34H47N5O3/c1-5-37(6-2)13-18-42-30-20-26-27(21-29(30)39-11-9-24(10-12-39)38-14-16-41-17-15-38)34(3,4)33-31(32(26)40)25-8-7-23(22-35)19-28(25)36-33/h7-8,19-21,24,36H,5-6,9-18,22,35H2,1-4H3. The van der Waals surface area contributed by atoms with Crippen molar-refractivity contribution in [2.24, 2.45) is 5.73 Å². The van der Waals surface area contributed by atoms with Gasteiger partial charge in [-0.2, -0.15) is 0 Å². The number of H-pyrrole nitrogens is 1. The number of aromatic nitrogens is 1. The second-order valence-corrected chi connectivity index (χ2v) is 12.5. The largest absolute Gasteiger partial charge is 0.490 e. The summed E-state index contributed by atoms with van der Waals surface area (Å²) >= 11 is 0. The summed E-state index contributed by atoms with van der Waals surface area (Å²) in [6, 6.07) is 11.0. The van der Waals surface area contributed by atoms with Crippen molar-refractivity contribution >= 4 is 22.4 Å². The summed E-state index contributed by atoms with van der Waals surface area (Å²) in [7, 11) is 0. The molecule has 2 aromatic carbocycles. The summed E-state index contributed by atoms with van der Waals surface area (Å²) in [5.74, 6) is 0.890. The van der Waals surface area contributed by atoms with Crippen LogP contribution in [0.1, 0.15) is 73.3 Å². The first kappa shape index (κ1) is 29.2. The van der Waals surface area contributed by atoms with E-state index < -0.39 is 0 Å². The van der Waals surface area contributed by atoms with Gasteiger partial charge in [0, 0.05) is 72.9 Å². The van der Waals surface area contributed by atoms with Crippen molar-refractivity contribution in [2.75, 3.05) is 70.5 Å². The summed E-state index contributed by atoms with van der Waals surface area (Å²) in [4.78, 5) is 25.3. The highest BCUT2D eigenvalue weighted by atomic mass is 16.5. The third-order valence-corrected chi connectivity index (χ3v) is 9.89. The van der Waals surface area contributed by atoms with E-state index in [0.29, 0.717) is 19.2 Å². The van der Waals surface area contributed by atoms with Gasteiger partial charge >= 0.3 is 0 Å². The van der Waals surface area contributed by atoms with Gasteiger partial charge in [-0.3, -0.25) is 9.69 Å². The molecular formula is C34H47N5O3. The number of rotatable bonds is 9. The molecule has 2 aliphatic heterocycles. The molecule has 0 saturated carbocycles. The monoisotopic (exact) mass is 573 g/mol. The van der Waals surface area contributed by atoms with E-state index in [1.165, 1.54) is 0 Å². The lowest BCUT2D eigenvalue weighted by Crippen LogP contribution is -2.49. The van der Waals surface area contributed by atoms with Gasteiger partial charge in [-0.25, -0.2) is 0 Å². The molecule has 1 aliphatic carbocycles. The normalized spacial score (nSPS) is 19.4. The fourth-order valence-electron chi connectivity index (χ4n) is 7.22. The number of hydrogen-bond donors (Lipinski definition) is 2. The molecule has 8 nitrogen and oxygen atoms in total. The second-order valence-electron chi connectivity index (χ2n) is 12.5. The summed E-state index contributed by atoms with van der Waals surface area (Å²) in [5.41, 5.74) is 12.3. The Morgan fingerprint density at radius 1 is 1.07 bits per heavy atom. The number of nitrogens with one attached hydrogen (secondary N) is 1. The quantitative estimate of drug-likeness (QED) is 0.389. The van der Waals surface area contributed by atoms with E-state index in [2.05, 4.69) is 59.5 Å². The van der Waals surface area contributed by atoms with Gasteiger partial charge in [0.2, 0.25) is 0 Å². The number of piperidine rings is 1. The Labute approximate surface area is 250 Å². The number of aromatic amines is 1. The number of nitrogens with zero attached hydrogens (tertiary/aromatic N) is 3. The van der Waals surface area contributed by atoms with Crippen molar-refractivity contribution < 1.29 is 14.3 Å². The van der Waals surface area contributed by atoms with E-state index in [1.54, 1.807) is 0 Å². The lowest BCUT2D eigenvalue weighted by atomic mass is 9.71. The second kappa shape index (κ2) is 12.0. The van der Waals surface area contributed by atoms with E-state index in [1.807, 2.05) is 18.2 Å². The number of benzene rings is 2. The summed E-state index contributed by atoms with van der Waals surface area (Å²) < 4.78 is 12.1. The molecule has 6 rings (SSSR count). The molecule has 3 N–H and O–H groups in total. The number of anilines is 1. The van der Waals surface area contributed by atoms with Crippen LogP contribution in [0.3, 0.4) is 0 Å². The molecule has 2 fully saturated rings. The van der Waals surface area contributed by atoms with Crippen molar-refractivity contribution in [3.8, 4) is 5.75 Å². The molecule has 0 atom stereocenters. The van der Waals surface area contributed by atoms with Crippen molar-refractivity contribution in [1.82, 2.24) is 14.8 Å². The number of ether oxygens (including phenoxy) is 2. The highest BCUT2D eigenvalue weighted by Crippen LogP contribution is 2.47. The predicted octanol–water partition coefficient (Wildman–Crippen LogP) is 4.52. The summed E-state index contributed by atoms with van der Waals surface area (Å²) in [6.45, 7) is 18.4. The summed E-state index contributed by atoms with van der Waals surface area (Å²) in [5, 5.41) is 0.962. The van der Waals surface area contributed by atoms with Crippen LogP contribution in [-0.2, 0) is 16.7 Å². The first-order valence-electron chi connectivity index (χ1n) is 15.9. The SMILES string of the molecule is CCN(CC)CCOc1cc2c(cc1N1CCC(N3CCOCC3)CC1)C(C)(C)c1[nH]c3cc(CN)ccc3c1C2=O. The van der Waals surface area contributed by atoms with Gasteiger partial charge < -0.3 is 30.0 Å². The van der Waals surface area contributed by atoms with Crippen LogP contribution in [-0.4, -0.2) is 92.2 Å². The Morgan fingerprint density at radius 3 is 2.50 bits per heavy atom. The van der Waals surface area contributed by atoms with Gasteiger partial charge in [-0.15, -0.1) is 0 Å². The number of carbonyl (C=O) groups excluding carboxylic acids is 1. The fraction of sp³-hybridized carbons (Fsp3) is 0.559. The molecule has 42 heavy (non-hydrogen) atoms. The number of carbonyl (C=O) groups is 1. The zero-order valence-electron chi connectivity index (χ0n) is 25.8. The minimum Gasteiger partial charge on any atom is -0.490 e. The fourth-order valence-corrected chi connectivity index (χ4v) is 7.22. The van der Waals surface area contributed by atoms with Gasteiger partial charge in [-0.1, -0.05) is 39.8 Å². The Morgan fingerprint density at radius 2 is 1.81 bits per heavy atom. The molecular weight excluding hydrogens is 526 g/mol. The van der Waals surface area contributed by atoms with Crippen molar-refractivity contribution in [3.63, 3.8) is 0 Å². The molecule has 8 heteroatoms. The van der Waals surface area contributed by atoms with Gasteiger partial charge in [0.1, 0.15) is 12.4 Å². The highest BCUT2D eigenvalue weighted by molar-refractivity contribution is 6.20. The maximum atomic E-state index is 14.2. The zero-order chi connectivity index (χ0) is 29.4. The Kier molecular flexibility index (Phi) is 8.33. The molecule has 0 spiro atoms. The first-order valence-corrected chi connectivity index (χ1v) is 15.9. The maximum Gasteiger partial charge on any atom is 0.195 e. The zero-order valence-corrected chi connectivity index (χ0v) is 25.8. The van der Waals surface area contributed by atoms with Crippen LogP contribution >= 0.6 is 0 Å². The molecule has 0 amide bonds. The molecule has 1 aromatic heterocycles. The van der Waals surface area contributed by atoms with Crippen LogP contribution < -0.4 is 15.4 Å². The molecule has 226 valence electrons. The van der Waals surface area contributed by atoms with Gasteiger partial charge in [0.25, 0.3) is 0 Å². The molecule has 2 saturated heterocycles. The van der Waals surface area contributed by atoms with Gasteiger partial charge in [-0.05, 0) is 55.3 Å². The lowest BCUT2D eigenvalue weighted by molar-refractivity contribution is 0.0115. The van der Waals surface area contributed by atoms with E-state index >= 15 is 0 Å².